The van der Waals surface area contributed by atoms with E-state index >= 15 is 0 Å². The molecule has 0 bridgehead atoms. The molecule has 3 aromatic rings. The summed E-state index contributed by atoms with van der Waals surface area (Å²) < 4.78 is 40.0. The van der Waals surface area contributed by atoms with E-state index in [1.54, 1.807) is 0 Å². The van der Waals surface area contributed by atoms with Crippen LogP contribution in [0.4, 0.5) is 13.2 Å². The average Bonchev–Trinajstić information content (AvgIpc) is 2.97. The maximum absolute atomic E-state index is 12.9. The molecule has 0 amide bonds. The smallest absolute Gasteiger partial charge is 0.305 e. The normalized spacial score (nSPS) is 12.2. The number of H-pyrrole nitrogens is 1. The molecular formula is C13H9F3N2OS. The van der Waals surface area contributed by atoms with Gasteiger partial charge in [-0.15, -0.1) is 11.3 Å². The van der Waals surface area contributed by atoms with Gasteiger partial charge in [-0.3, -0.25) is 4.57 Å². The van der Waals surface area contributed by atoms with Crippen molar-refractivity contribution in [3.8, 4) is 0 Å². The van der Waals surface area contributed by atoms with E-state index in [0.29, 0.717) is 0 Å². The van der Waals surface area contributed by atoms with Crippen molar-refractivity contribution < 1.29 is 13.2 Å². The van der Waals surface area contributed by atoms with Crippen molar-refractivity contribution in [2.45, 2.75) is 12.7 Å². The van der Waals surface area contributed by atoms with Crippen LogP contribution in [0.1, 0.15) is 10.4 Å². The number of para-hydroxylation sites is 1. The minimum atomic E-state index is -4.49. The molecule has 0 atom stereocenters. The monoisotopic (exact) mass is 298 g/mol. The lowest BCUT2D eigenvalue weighted by Crippen LogP contribution is -2.16. The molecule has 0 unspecified atom stereocenters. The molecule has 0 radical (unpaired) electrons. The average molecular weight is 298 g/mol. The van der Waals surface area contributed by atoms with Gasteiger partial charge in [-0.2, -0.15) is 13.2 Å². The van der Waals surface area contributed by atoms with Gasteiger partial charge in [-0.1, -0.05) is 12.1 Å². The Morgan fingerprint density at radius 2 is 2.00 bits per heavy atom. The first-order valence-corrected chi connectivity index (χ1v) is 6.66. The molecule has 3 rings (SSSR count). The van der Waals surface area contributed by atoms with Crippen LogP contribution in [0.5, 0.6) is 0 Å². The first kappa shape index (κ1) is 13.0. The van der Waals surface area contributed by atoms with E-state index < -0.39 is 17.4 Å². The molecular weight excluding hydrogens is 289 g/mol. The highest BCUT2D eigenvalue weighted by atomic mass is 32.1. The summed E-state index contributed by atoms with van der Waals surface area (Å²) in [5, 5.41) is 1.86. The van der Waals surface area contributed by atoms with E-state index in [9.17, 15) is 18.0 Å². The summed E-state index contributed by atoms with van der Waals surface area (Å²) in [5.74, 6) is 0. The van der Waals surface area contributed by atoms with Crippen LogP contribution in [0.3, 0.4) is 0 Å². The molecule has 7 heteroatoms. The second-order valence-electron chi connectivity index (χ2n) is 4.29. The summed E-state index contributed by atoms with van der Waals surface area (Å²) >= 11 is 1.45. The Morgan fingerprint density at radius 1 is 1.20 bits per heavy atom. The molecule has 1 N–H and O–H groups in total. The molecule has 0 aliphatic heterocycles. The van der Waals surface area contributed by atoms with Gasteiger partial charge in [0.25, 0.3) is 0 Å². The Morgan fingerprint density at radius 3 is 2.65 bits per heavy atom. The zero-order chi connectivity index (χ0) is 14.3. The van der Waals surface area contributed by atoms with Crippen molar-refractivity contribution in [1.82, 2.24) is 9.55 Å². The molecule has 2 heterocycles. The number of halogens is 3. The SMILES string of the molecule is O=c1[nH]c2c(C(F)(F)F)cccc2n1Cc1cccs1. The van der Waals surface area contributed by atoms with Gasteiger partial charge in [0.15, 0.2) is 0 Å². The molecule has 0 saturated carbocycles. The predicted octanol–water partition coefficient (Wildman–Crippen LogP) is 3.46. The Kier molecular flexibility index (Phi) is 2.93. The summed E-state index contributed by atoms with van der Waals surface area (Å²) in [5.41, 5.74) is -1.26. The van der Waals surface area contributed by atoms with Gasteiger partial charge in [-0.25, -0.2) is 4.79 Å². The van der Waals surface area contributed by atoms with Crippen molar-refractivity contribution in [2.24, 2.45) is 0 Å². The fourth-order valence-corrected chi connectivity index (χ4v) is 2.82. The van der Waals surface area contributed by atoms with Gasteiger partial charge < -0.3 is 4.98 Å². The van der Waals surface area contributed by atoms with E-state index in [1.807, 2.05) is 17.5 Å². The van der Waals surface area contributed by atoms with Gasteiger partial charge in [0.05, 0.1) is 23.1 Å². The number of rotatable bonds is 2. The number of thiophene rings is 1. The number of benzene rings is 1. The fraction of sp³-hybridized carbons (Fsp3) is 0.154. The highest BCUT2D eigenvalue weighted by Gasteiger charge is 2.33. The number of hydrogen-bond donors (Lipinski definition) is 1. The number of fused-ring (bicyclic) bond motifs is 1. The topological polar surface area (TPSA) is 37.8 Å². The summed E-state index contributed by atoms with van der Waals surface area (Å²) in [6, 6.07) is 7.46. The maximum Gasteiger partial charge on any atom is 0.418 e. The van der Waals surface area contributed by atoms with Crippen molar-refractivity contribution in [2.75, 3.05) is 0 Å². The number of aromatic amines is 1. The van der Waals surface area contributed by atoms with E-state index in [1.165, 1.54) is 28.0 Å². The van der Waals surface area contributed by atoms with Crippen molar-refractivity contribution in [3.05, 3.63) is 56.6 Å². The van der Waals surface area contributed by atoms with Crippen molar-refractivity contribution in [3.63, 3.8) is 0 Å². The number of imidazole rings is 1. The quantitative estimate of drug-likeness (QED) is 0.773. The largest absolute Gasteiger partial charge is 0.418 e. The number of nitrogens with one attached hydrogen (secondary N) is 1. The maximum atomic E-state index is 12.9. The number of alkyl halides is 3. The highest BCUT2D eigenvalue weighted by Crippen LogP contribution is 2.33. The molecule has 3 nitrogen and oxygen atoms in total. The van der Waals surface area contributed by atoms with Crippen molar-refractivity contribution in [1.29, 1.82) is 0 Å². The van der Waals surface area contributed by atoms with Gasteiger partial charge in [0, 0.05) is 4.88 Å². The predicted molar refractivity (Wildman–Crippen MR) is 71.0 cm³/mol. The molecule has 104 valence electrons. The minimum absolute atomic E-state index is 0.165. The molecule has 0 saturated heterocycles. The molecule has 0 aliphatic rings. The molecule has 20 heavy (non-hydrogen) atoms. The molecule has 0 fully saturated rings. The van der Waals surface area contributed by atoms with Gasteiger partial charge >= 0.3 is 11.9 Å². The standard InChI is InChI=1S/C13H9F3N2OS/c14-13(15,16)9-4-1-5-10-11(9)17-12(19)18(10)7-8-3-2-6-20-8/h1-6H,7H2,(H,17,19). The van der Waals surface area contributed by atoms with Gasteiger partial charge in [0.1, 0.15) is 0 Å². The van der Waals surface area contributed by atoms with Crippen molar-refractivity contribution >= 4 is 22.4 Å². The van der Waals surface area contributed by atoms with Crippen LogP contribution in [0.15, 0.2) is 40.5 Å². The zero-order valence-electron chi connectivity index (χ0n) is 10.1. The molecule has 0 spiro atoms. The van der Waals surface area contributed by atoms with Crippen LogP contribution < -0.4 is 5.69 Å². The Bertz CT molecular complexity index is 799. The number of nitrogens with zero attached hydrogens (tertiary/aromatic N) is 1. The van der Waals surface area contributed by atoms with Crippen LogP contribution >= 0.6 is 11.3 Å². The lowest BCUT2D eigenvalue weighted by molar-refractivity contribution is -0.136. The first-order chi connectivity index (χ1) is 9.47. The van der Waals surface area contributed by atoms with Crippen LogP contribution in [-0.4, -0.2) is 9.55 Å². The van der Waals surface area contributed by atoms with E-state index in [4.69, 9.17) is 0 Å². The second kappa shape index (κ2) is 4.52. The lowest BCUT2D eigenvalue weighted by atomic mass is 10.2. The van der Waals surface area contributed by atoms with Crippen LogP contribution in [0.25, 0.3) is 11.0 Å². The van der Waals surface area contributed by atoms with Gasteiger partial charge in [-0.05, 0) is 23.6 Å². The summed E-state index contributed by atoms with van der Waals surface area (Å²) in [6.07, 6.45) is -4.49. The Hall–Kier alpha value is -2.02. The van der Waals surface area contributed by atoms with Crippen LogP contribution in [0, 0.1) is 0 Å². The Labute approximate surface area is 115 Å². The summed E-state index contributed by atoms with van der Waals surface area (Å²) in [7, 11) is 0. The third kappa shape index (κ3) is 2.14. The fourth-order valence-electron chi connectivity index (χ4n) is 2.13. The lowest BCUT2D eigenvalue weighted by Gasteiger charge is -2.07. The highest BCUT2D eigenvalue weighted by molar-refractivity contribution is 7.09. The van der Waals surface area contributed by atoms with Crippen LogP contribution in [-0.2, 0) is 12.7 Å². The molecule has 1 aromatic carbocycles. The van der Waals surface area contributed by atoms with E-state index in [-0.39, 0.29) is 17.6 Å². The van der Waals surface area contributed by atoms with E-state index in [2.05, 4.69) is 4.98 Å². The molecule has 0 aliphatic carbocycles. The second-order valence-corrected chi connectivity index (χ2v) is 5.33. The summed E-state index contributed by atoms with van der Waals surface area (Å²) in [4.78, 5) is 15.1. The number of aromatic nitrogens is 2. The summed E-state index contributed by atoms with van der Waals surface area (Å²) in [6.45, 7) is 0.262. The Balaban J connectivity index is 2.20. The van der Waals surface area contributed by atoms with Crippen LogP contribution in [0.2, 0.25) is 0 Å². The first-order valence-electron chi connectivity index (χ1n) is 5.78. The number of hydrogen-bond acceptors (Lipinski definition) is 2. The molecule has 2 aromatic heterocycles. The minimum Gasteiger partial charge on any atom is -0.305 e. The third-order valence-corrected chi connectivity index (χ3v) is 3.87. The van der Waals surface area contributed by atoms with Gasteiger partial charge in [0.2, 0.25) is 0 Å². The van der Waals surface area contributed by atoms with E-state index in [0.717, 1.165) is 10.9 Å². The third-order valence-electron chi connectivity index (χ3n) is 3.01. The zero-order valence-corrected chi connectivity index (χ0v) is 10.9.